The van der Waals surface area contributed by atoms with Crippen LogP contribution in [-0.4, -0.2) is 30.8 Å². The highest BCUT2D eigenvalue weighted by atomic mass is 16.5. The van der Waals surface area contributed by atoms with E-state index >= 15 is 0 Å². The van der Waals surface area contributed by atoms with Crippen molar-refractivity contribution in [2.24, 2.45) is 5.92 Å². The molecule has 0 bridgehead atoms. The Hall–Kier alpha value is -1.83. The normalized spacial score (nSPS) is 25.0. The zero-order chi connectivity index (χ0) is 15.2. The molecule has 0 saturated carbocycles. The van der Waals surface area contributed by atoms with Gasteiger partial charge in [0.1, 0.15) is 12.6 Å². The van der Waals surface area contributed by atoms with Crippen LogP contribution in [-0.2, 0) is 9.53 Å². The molecular weight excluding hydrogens is 266 g/mol. The van der Waals surface area contributed by atoms with E-state index in [1.54, 1.807) is 7.11 Å². The Bertz CT molecular complexity index is 541. The molecule has 2 N–H and O–H groups in total. The third-order valence-electron chi connectivity index (χ3n) is 3.88. The quantitative estimate of drug-likeness (QED) is 0.837. The van der Waals surface area contributed by atoms with Crippen molar-refractivity contribution in [1.82, 2.24) is 5.32 Å². The van der Waals surface area contributed by atoms with Crippen molar-refractivity contribution in [3.63, 3.8) is 0 Å². The minimum atomic E-state index is -0.769. The summed E-state index contributed by atoms with van der Waals surface area (Å²) in [6.07, 6.45) is 1.61. The van der Waals surface area contributed by atoms with Crippen LogP contribution in [0.5, 0.6) is 0 Å². The van der Waals surface area contributed by atoms with Crippen LogP contribution in [0.25, 0.3) is 0 Å². The summed E-state index contributed by atoms with van der Waals surface area (Å²) < 4.78 is 4.89. The first-order valence-corrected chi connectivity index (χ1v) is 7.18. The number of hydrogen-bond donors (Lipinski definition) is 2. The fourth-order valence-electron chi connectivity index (χ4n) is 2.66. The summed E-state index contributed by atoms with van der Waals surface area (Å²) >= 11 is 0. The number of hydrogen-bond acceptors (Lipinski definition) is 3. The van der Waals surface area contributed by atoms with Gasteiger partial charge >= 0.3 is 5.97 Å². The van der Waals surface area contributed by atoms with Crippen molar-refractivity contribution < 1.29 is 14.6 Å². The molecule has 1 aromatic rings. The van der Waals surface area contributed by atoms with E-state index in [1.807, 2.05) is 24.3 Å². The Morgan fingerprint density at radius 2 is 2.10 bits per heavy atom. The molecule has 112 valence electrons. The molecule has 21 heavy (non-hydrogen) atoms. The van der Waals surface area contributed by atoms with Crippen LogP contribution in [0.2, 0.25) is 0 Å². The molecule has 1 aromatic carbocycles. The Morgan fingerprint density at radius 3 is 2.71 bits per heavy atom. The van der Waals surface area contributed by atoms with Gasteiger partial charge in [0.25, 0.3) is 0 Å². The van der Waals surface area contributed by atoms with E-state index < -0.39 is 12.0 Å². The molecule has 0 amide bonds. The smallest absolute Gasteiger partial charge is 0.320 e. The summed E-state index contributed by atoms with van der Waals surface area (Å²) in [7, 11) is 1.62. The third-order valence-corrected chi connectivity index (χ3v) is 3.88. The van der Waals surface area contributed by atoms with E-state index in [-0.39, 0.29) is 6.04 Å². The topological polar surface area (TPSA) is 58.6 Å². The summed E-state index contributed by atoms with van der Waals surface area (Å²) in [5.74, 6) is 5.59. The van der Waals surface area contributed by atoms with Crippen LogP contribution in [0.3, 0.4) is 0 Å². The van der Waals surface area contributed by atoms with Gasteiger partial charge in [-0.25, -0.2) is 0 Å². The maximum Gasteiger partial charge on any atom is 0.320 e. The number of carbonyl (C=O) groups is 1. The van der Waals surface area contributed by atoms with Gasteiger partial charge in [0.05, 0.1) is 0 Å². The Labute approximate surface area is 125 Å². The molecule has 1 heterocycles. The second kappa shape index (κ2) is 7.26. The molecule has 0 spiro atoms. The molecule has 0 aliphatic carbocycles. The highest BCUT2D eigenvalue weighted by Gasteiger charge is 2.31. The standard InChI is InChI=1S/C17H21NO3/c1-12-5-10-15(17(19)20)18-16(12)14-8-6-13(7-9-14)4-3-11-21-2/h6-9,12,15-16,18H,5,10-11H2,1-2H3,(H,19,20)/t12-,15+,16-/m1/s1. The predicted molar refractivity (Wildman–Crippen MR) is 80.9 cm³/mol. The molecule has 1 aliphatic heterocycles. The van der Waals surface area contributed by atoms with Crippen molar-refractivity contribution in [1.29, 1.82) is 0 Å². The minimum absolute atomic E-state index is 0.0841. The van der Waals surface area contributed by atoms with Crippen LogP contribution in [0.15, 0.2) is 24.3 Å². The molecule has 1 aliphatic rings. The number of methoxy groups -OCH3 is 1. The predicted octanol–water partition coefficient (Wildman–Crippen LogP) is 2.20. The van der Waals surface area contributed by atoms with Gasteiger partial charge < -0.3 is 9.84 Å². The average molecular weight is 287 g/mol. The first-order chi connectivity index (χ1) is 10.1. The highest BCUT2D eigenvalue weighted by Crippen LogP contribution is 2.31. The Balaban J connectivity index is 2.10. The molecule has 3 atom stereocenters. The van der Waals surface area contributed by atoms with Gasteiger partial charge in [-0.3, -0.25) is 10.1 Å². The zero-order valence-electron chi connectivity index (χ0n) is 12.4. The molecule has 0 aromatic heterocycles. The van der Waals surface area contributed by atoms with Crippen molar-refractivity contribution in [2.45, 2.75) is 31.8 Å². The summed E-state index contributed by atoms with van der Waals surface area (Å²) in [6.45, 7) is 2.57. The van der Waals surface area contributed by atoms with Crippen molar-refractivity contribution in [3.8, 4) is 11.8 Å². The molecule has 4 heteroatoms. The van der Waals surface area contributed by atoms with E-state index in [9.17, 15) is 4.79 Å². The number of benzene rings is 1. The van der Waals surface area contributed by atoms with Crippen molar-refractivity contribution >= 4 is 5.97 Å². The number of rotatable bonds is 3. The van der Waals surface area contributed by atoms with Gasteiger partial charge in [-0.15, -0.1) is 0 Å². The Morgan fingerprint density at radius 1 is 1.38 bits per heavy atom. The molecule has 1 saturated heterocycles. The van der Waals surface area contributed by atoms with Gasteiger partial charge in [0, 0.05) is 18.7 Å². The van der Waals surface area contributed by atoms with E-state index in [2.05, 4.69) is 24.1 Å². The van der Waals surface area contributed by atoms with Crippen molar-refractivity contribution in [3.05, 3.63) is 35.4 Å². The molecule has 0 radical (unpaired) electrons. The number of nitrogens with one attached hydrogen (secondary N) is 1. The number of carboxylic acids is 1. The van der Waals surface area contributed by atoms with Gasteiger partial charge in [-0.2, -0.15) is 0 Å². The average Bonchev–Trinajstić information content (AvgIpc) is 2.48. The lowest BCUT2D eigenvalue weighted by Gasteiger charge is -2.34. The van der Waals surface area contributed by atoms with E-state index in [0.29, 0.717) is 18.9 Å². The van der Waals surface area contributed by atoms with Crippen LogP contribution < -0.4 is 5.32 Å². The molecular formula is C17H21NO3. The van der Waals surface area contributed by atoms with Gasteiger partial charge in [-0.05, 0) is 36.5 Å². The summed E-state index contributed by atoms with van der Waals surface area (Å²) in [6, 6.07) is 7.62. The van der Waals surface area contributed by atoms with Crippen LogP contribution >= 0.6 is 0 Å². The van der Waals surface area contributed by atoms with E-state index in [0.717, 1.165) is 17.5 Å². The third kappa shape index (κ3) is 4.07. The monoisotopic (exact) mass is 287 g/mol. The fourth-order valence-corrected chi connectivity index (χ4v) is 2.66. The molecule has 1 fully saturated rings. The van der Waals surface area contributed by atoms with Gasteiger partial charge in [0.2, 0.25) is 0 Å². The van der Waals surface area contributed by atoms with Crippen LogP contribution in [0.4, 0.5) is 0 Å². The second-order valence-electron chi connectivity index (χ2n) is 5.45. The molecule has 4 nitrogen and oxygen atoms in total. The number of piperidine rings is 1. The lowest BCUT2D eigenvalue weighted by atomic mass is 9.84. The first-order valence-electron chi connectivity index (χ1n) is 7.18. The van der Waals surface area contributed by atoms with Crippen molar-refractivity contribution in [2.75, 3.05) is 13.7 Å². The minimum Gasteiger partial charge on any atom is -0.480 e. The van der Waals surface area contributed by atoms with E-state index in [1.165, 1.54) is 0 Å². The fraction of sp³-hybridized carbons (Fsp3) is 0.471. The number of aliphatic carboxylic acids is 1. The van der Waals surface area contributed by atoms with Gasteiger partial charge in [0.15, 0.2) is 0 Å². The SMILES string of the molecule is COCC#Cc1ccc([C@@H]2N[C@H](C(=O)O)CC[C@H]2C)cc1. The van der Waals surface area contributed by atoms with Crippen LogP contribution in [0, 0.1) is 17.8 Å². The number of carboxylic acid groups (broad SMARTS) is 1. The maximum atomic E-state index is 11.1. The zero-order valence-corrected chi connectivity index (χ0v) is 12.4. The summed E-state index contributed by atoms with van der Waals surface area (Å²) in [5.41, 5.74) is 2.06. The van der Waals surface area contributed by atoms with Crippen LogP contribution in [0.1, 0.15) is 36.9 Å². The lowest BCUT2D eigenvalue weighted by Crippen LogP contribution is -2.45. The number of ether oxygens (including phenoxy) is 1. The summed E-state index contributed by atoms with van der Waals surface area (Å²) in [5, 5.41) is 12.4. The summed E-state index contributed by atoms with van der Waals surface area (Å²) in [4.78, 5) is 11.1. The molecule has 2 rings (SSSR count). The maximum absolute atomic E-state index is 11.1. The second-order valence-corrected chi connectivity index (χ2v) is 5.45. The molecule has 0 unspecified atom stereocenters. The largest absolute Gasteiger partial charge is 0.480 e. The van der Waals surface area contributed by atoms with Gasteiger partial charge in [-0.1, -0.05) is 30.9 Å². The lowest BCUT2D eigenvalue weighted by molar-refractivity contribution is -0.140. The highest BCUT2D eigenvalue weighted by molar-refractivity contribution is 5.73. The first kappa shape index (κ1) is 15.6. The Kier molecular flexibility index (Phi) is 5.38. The van der Waals surface area contributed by atoms with E-state index in [4.69, 9.17) is 9.84 Å².